The number of rotatable bonds is 29. The van der Waals surface area contributed by atoms with Gasteiger partial charge in [-0.15, -0.1) is 0 Å². The van der Waals surface area contributed by atoms with E-state index in [0.717, 1.165) is 51.4 Å². The molecule has 0 spiro atoms. The molecule has 2 nitrogen and oxygen atoms in total. The summed E-state index contributed by atoms with van der Waals surface area (Å²) in [5, 5.41) is 0. The Balaban J connectivity index is 3.22. The van der Waals surface area contributed by atoms with E-state index in [-0.39, 0.29) is 13.2 Å². The van der Waals surface area contributed by atoms with Gasteiger partial charge in [-0.1, -0.05) is 129 Å². The van der Waals surface area contributed by atoms with Gasteiger partial charge in [0.15, 0.2) is 0 Å². The van der Waals surface area contributed by atoms with E-state index >= 15 is 0 Å². The quantitative estimate of drug-likeness (QED) is 0.0971. The molecular formula is C30H60F2O2. The molecule has 0 N–H and O–H groups in total. The van der Waals surface area contributed by atoms with Gasteiger partial charge in [0.2, 0.25) is 0 Å². The van der Waals surface area contributed by atoms with Crippen molar-refractivity contribution in [3.05, 3.63) is 0 Å². The maximum atomic E-state index is 13.9. The van der Waals surface area contributed by atoms with Crippen molar-refractivity contribution in [1.29, 1.82) is 0 Å². The Kier molecular flexibility index (Phi) is 28.8. The molecule has 0 aromatic heterocycles. The third-order valence-electron chi connectivity index (χ3n) is 6.67. The molecule has 0 bridgehead atoms. The monoisotopic (exact) mass is 490 g/mol. The van der Waals surface area contributed by atoms with Crippen molar-refractivity contribution < 1.29 is 18.3 Å². The fraction of sp³-hybridized carbons (Fsp3) is 1.00. The predicted octanol–water partition coefficient (Wildman–Crippen LogP) is 10.3. The Bertz CT molecular complexity index is 334. The molecule has 0 saturated carbocycles. The summed E-state index contributed by atoms with van der Waals surface area (Å²) in [5.74, 6) is 0. The molecule has 0 aromatic carbocycles. The lowest BCUT2D eigenvalue weighted by molar-refractivity contribution is 0.0680. The Morgan fingerprint density at radius 1 is 0.412 bits per heavy atom. The van der Waals surface area contributed by atoms with Gasteiger partial charge in [0.1, 0.15) is 12.3 Å². The second-order valence-electron chi connectivity index (χ2n) is 10.3. The normalized spacial score (nSPS) is 13.4. The molecule has 2 unspecified atom stereocenters. The first-order valence-corrected chi connectivity index (χ1v) is 15.1. The largest absolute Gasteiger partial charge is 0.378 e. The molecule has 0 aliphatic rings. The van der Waals surface area contributed by atoms with E-state index in [0.29, 0.717) is 26.1 Å². The van der Waals surface area contributed by atoms with Gasteiger partial charge < -0.3 is 9.47 Å². The first kappa shape index (κ1) is 33.8. The fourth-order valence-electron chi connectivity index (χ4n) is 4.35. The Hall–Kier alpha value is -0.220. The second kappa shape index (κ2) is 29.0. The van der Waals surface area contributed by atoms with Crippen molar-refractivity contribution in [2.24, 2.45) is 0 Å². The molecule has 4 heteroatoms. The Labute approximate surface area is 212 Å². The highest BCUT2D eigenvalue weighted by Gasteiger charge is 2.07. The van der Waals surface area contributed by atoms with Gasteiger partial charge in [0.05, 0.1) is 13.2 Å². The van der Waals surface area contributed by atoms with Crippen LogP contribution in [0.25, 0.3) is 0 Å². The zero-order valence-corrected chi connectivity index (χ0v) is 23.1. The van der Waals surface area contributed by atoms with Gasteiger partial charge in [-0.3, -0.25) is 0 Å². The van der Waals surface area contributed by atoms with Crippen LogP contribution in [0.3, 0.4) is 0 Å². The summed E-state index contributed by atoms with van der Waals surface area (Å²) < 4.78 is 38.7. The predicted molar refractivity (Wildman–Crippen MR) is 144 cm³/mol. The van der Waals surface area contributed by atoms with Crippen molar-refractivity contribution >= 4 is 0 Å². The number of halogens is 2. The summed E-state index contributed by atoms with van der Waals surface area (Å²) in [6, 6.07) is 0. The summed E-state index contributed by atoms with van der Waals surface area (Å²) in [6.45, 7) is 6.26. The van der Waals surface area contributed by atoms with Crippen molar-refractivity contribution in [1.82, 2.24) is 0 Å². The van der Waals surface area contributed by atoms with E-state index in [1.165, 1.54) is 77.0 Å². The zero-order chi connectivity index (χ0) is 25.0. The van der Waals surface area contributed by atoms with E-state index in [9.17, 15) is 8.78 Å². The highest BCUT2D eigenvalue weighted by atomic mass is 19.1. The molecule has 0 rings (SSSR count). The molecule has 0 amide bonds. The summed E-state index contributed by atoms with van der Waals surface area (Å²) in [7, 11) is 0. The van der Waals surface area contributed by atoms with Gasteiger partial charge in [0.25, 0.3) is 0 Å². The first-order valence-electron chi connectivity index (χ1n) is 15.1. The smallest absolute Gasteiger partial charge is 0.123 e. The molecule has 206 valence electrons. The van der Waals surface area contributed by atoms with Crippen LogP contribution in [0, 0.1) is 0 Å². The number of alkyl halides is 2. The number of hydrogen-bond acceptors (Lipinski definition) is 2. The lowest BCUT2D eigenvalue weighted by Gasteiger charge is -2.10. The second-order valence-corrected chi connectivity index (χ2v) is 10.3. The number of ether oxygens (including phenoxy) is 2. The van der Waals surface area contributed by atoms with Crippen molar-refractivity contribution in [2.75, 3.05) is 26.4 Å². The molecule has 34 heavy (non-hydrogen) atoms. The lowest BCUT2D eigenvalue weighted by atomic mass is 10.1. The minimum Gasteiger partial charge on any atom is -0.378 e. The van der Waals surface area contributed by atoms with Gasteiger partial charge in [0, 0.05) is 13.2 Å². The van der Waals surface area contributed by atoms with E-state index in [2.05, 4.69) is 13.8 Å². The standard InChI is InChI=1S/C30H60F2O2/c1-3-5-7-9-11-13-15-19-23-29(31)27-33-25-21-17-18-22-26-34-28-30(32)24-20-16-14-12-10-8-6-4-2/h29-30H,3-28H2,1-2H3. The van der Waals surface area contributed by atoms with Crippen LogP contribution in [-0.2, 0) is 9.47 Å². The lowest BCUT2D eigenvalue weighted by Crippen LogP contribution is -2.11. The van der Waals surface area contributed by atoms with Gasteiger partial charge >= 0.3 is 0 Å². The van der Waals surface area contributed by atoms with Crippen molar-refractivity contribution in [3.63, 3.8) is 0 Å². The van der Waals surface area contributed by atoms with Crippen molar-refractivity contribution in [2.45, 2.75) is 167 Å². The van der Waals surface area contributed by atoms with Crippen molar-refractivity contribution in [3.8, 4) is 0 Å². The van der Waals surface area contributed by atoms with Gasteiger partial charge in [-0.25, -0.2) is 8.78 Å². The van der Waals surface area contributed by atoms with Gasteiger partial charge in [-0.2, -0.15) is 0 Å². The van der Waals surface area contributed by atoms with Crippen LogP contribution in [0.5, 0.6) is 0 Å². The summed E-state index contributed by atoms with van der Waals surface area (Å²) in [4.78, 5) is 0. The van der Waals surface area contributed by atoms with Crippen LogP contribution in [0.4, 0.5) is 8.78 Å². The van der Waals surface area contributed by atoms with Crippen LogP contribution >= 0.6 is 0 Å². The molecule has 0 heterocycles. The van der Waals surface area contributed by atoms with E-state index in [4.69, 9.17) is 9.47 Å². The molecule has 0 fully saturated rings. The highest BCUT2D eigenvalue weighted by Crippen LogP contribution is 2.13. The molecular weight excluding hydrogens is 430 g/mol. The van der Waals surface area contributed by atoms with Crippen LogP contribution in [0.1, 0.15) is 155 Å². The average molecular weight is 491 g/mol. The SMILES string of the molecule is CCCCCCCCCCC(F)COCCCCCCOCC(F)CCCCCCCCCC. The molecule has 0 aliphatic carbocycles. The van der Waals surface area contributed by atoms with Crippen LogP contribution in [0.2, 0.25) is 0 Å². The molecule has 2 atom stereocenters. The zero-order valence-electron chi connectivity index (χ0n) is 23.1. The van der Waals surface area contributed by atoms with Crippen LogP contribution in [-0.4, -0.2) is 38.8 Å². The average Bonchev–Trinajstić information content (AvgIpc) is 2.83. The maximum absolute atomic E-state index is 13.9. The Morgan fingerprint density at radius 3 is 1.06 bits per heavy atom. The maximum Gasteiger partial charge on any atom is 0.123 e. The van der Waals surface area contributed by atoms with Crippen LogP contribution < -0.4 is 0 Å². The highest BCUT2D eigenvalue weighted by molar-refractivity contribution is 4.57. The molecule has 0 saturated heterocycles. The van der Waals surface area contributed by atoms with Crippen LogP contribution in [0.15, 0.2) is 0 Å². The minimum absolute atomic E-state index is 0.246. The third kappa shape index (κ3) is 28.0. The van der Waals surface area contributed by atoms with E-state index in [1.807, 2.05) is 0 Å². The summed E-state index contributed by atoms with van der Waals surface area (Å²) in [5.41, 5.74) is 0. The minimum atomic E-state index is -0.812. The molecule has 0 radical (unpaired) electrons. The third-order valence-corrected chi connectivity index (χ3v) is 6.67. The first-order chi connectivity index (χ1) is 16.7. The fourth-order valence-corrected chi connectivity index (χ4v) is 4.35. The number of hydrogen-bond donors (Lipinski definition) is 0. The molecule has 0 aromatic rings. The summed E-state index contributed by atoms with van der Waals surface area (Å²) in [6.07, 6.45) is 23.7. The van der Waals surface area contributed by atoms with Gasteiger partial charge in [-0.05, 0) is 25.7 Å². The Morgan fingerprint density at radius 2 is 0.706 bits per heavy atom. The summed E-state index contributed by atoms with van der Waals surface area (Å²) >= 11 is 0. The molecule has 0 aliphatic heterocycles. The van der Waals surface area contributed by atoms with E-state index < -0.39 is 12.3 Å². The number of unbranched alkanes of at least 4 members (excludes halogenated alkanes) is 17. The van der Waals surface area contributed by atoms with E-state index in [1.54, 1.807) is 0 Å². The topological polar surface area (TPSA) is 18.5 Å².